The van der Waals surface area contributed by atoms with Crippen LogP contribution in [0.25, 0.3) is 0 Å². The summed E-state index contributed by atoms with van der Waals surface area (Å²) in [6, 6.07) is -0.547. The number of aliphatic hydroxyl groups is 2. The molecule has 0 aliphatic heterocycles. The molecular formula is C58H109NO5. The highest BCUT2D eigenvalue weighted by molar-refractivity contribution is 5.76. The molecule has 6 heteroatoms. The molecule has 0 rings (SSSR count). The molecule has 6 nitrogen and oxygen atoms in total. The van der Waals surface area contributed by atoms with E-state index in [0.717, 1.165) is 51.4 Å². The largest absolute Gasteiger partial charge is 0.466 e. The summed E-state index contributed by atoms with van der Waals surface area (Å²) in [6.07, 6.45) is 65.7. The van der Waals surface area contributed by atoms with Gasteiger partial charge in [0, 0.05) is 12.8 Å². The van der Waals surface area contributed by atoms with E-state index in [9.17, 15) is 19.8 Å². The van der Waals surface area contributed by atoms with Gasteiger partial charge in [-0.15, -0.1) is 0 Å². The molecule has 2 atom stereocenters. The molecule has 0 aromatic carbocycles. The normalized spacial score (nSPS) is 12.9. The second kappa shape index (κ2) is 53.7. The zero-order chi connectivity index (χ0) is 46.5. The Morgan fingerprint density at radius 3 is 1.23 bits per heavy atom. The Labute approximate surface area is 398 Å². The van der Waals surface area contributed by atoms with Gasteiger partial charge in [-0.2, -0.15) is 0 Å². The number of amides is 1. The maximum atomic E-state index is 12.4. The van der Waals surface area contributed by atoms with Crippen molar-refractivity contribution in [2.24, 2.45) is 0 Å². The topological polar surface area (TPSA) is 95.9 Å². The highest BCUT2D eigenvalue weighted by Gasteiger charge is 2.20. The van der Waals surface area contributed by atoms with Gasteiger partial charge >= 0.3 is 5.97 Å². The SMILES string of the molecule is CCCCC/C=C\C/C=C\CCCCCCCCCCCC(=O)OCCCCCCCCCC/C=C\CCCCCCCCCC(=O)NC(CO)C(O)CCCCCCCCCCC. The predicted molar refractivity (Wildman–Crippen MR) is 278 cm³/mol. The van der Waals surface area contributed by atoms with Gasteiger partial charge in [0.15, 0.2) is 0 Å². The third-order valence-electron chi connectivity index (χ3n) is 12.9. The summed E-state index contributed by atoms with van der Waals surface area (Å²) in [4.78, 5) is 24.5. The predicted octanol–water partition coefficient (Wildman–Crippen LogP) is 17.2. The number of hydrogen-bond donors (Lipinski definition) is 3. The Kier molecular flexibility index (Phi) is 52.1. The smallest absolute Gasteiger partial charge is 0.305 e. The van der Waals surface area contributed by atoms with Gasteiger partial charge in [-0.1, -0.05) is 237 Å². The van der Waals surface area contributed by atoms with Crippen LogP contribution in [0.5, 0.6) is 0 Å². The summed E-state index contributed by atoms with van der Waals surface area (Å²) in [5.41, 5.74) is 0. The molecule has 0 saturated heterocycles. The van der Waals surface area contributed by atoms with Crippen LogP contribution in [0.4, 0.5) is 0 Å². The van der Waals surface area contributed by atoms with Crippen LogP contribution in [0.15, 0.2) is 36.5 Å². The average Bonchev–Trinajstić information content (AvgIpc) is 3.29. The molecule has 0 bridgehead atoms. The van der Waals surface area contributed by atoms with Crippen LogP contribution in [-0.4, -0.2) is 47.4 Å². The first-order chi connectivity index (χ1) is 31.5. The Morgan fingerprint density at radius 2 is 0.781 bits per heavy atom. The molecule has 376 valence electrons. The van der Waals surface area contributed by atoms with Crippen LogP contribution in [0.3, 0.4) is 0 Å². The van der Waals surface area contributed by atoms with E-state index in [1.807, 2.05) is 0 Å². The van der Waals surface area contributed by atoms with Crippen LogP contribution < -0.4 is 5.32 Å². The fraction of sp³-hybridized carbons (Fsp3) is 0.862. The summed E-state index contributed by atoms with van der Waals surface area (Å²) in [7, 11) is 0. The Hall–Kier alpha value is -1.92. The molecule has 0 heterocycles. The van der Waals surface area contributed by atoms with Gasteiger partial charge in [0.1, 0.15) is 0 Å². The molecule has 0 spiro atoms. The molecular weight excluding hydrogens is 791 g/mol. The minimum absolute atomic E-state index is 0.000279. The molecule has 0 aliphatic carbocycles. The van der Waals surface area contributed by atoms with Crippen molar-refractivity contribution in [1.82, 2.24) is 5.32 Å². The summed E-state index contributed by atoms with van der Waals surface area (Å²) >= 11 is 0. The van der Waals surface area contributed by atoms with Crippen LogP contribution >= 0.6 is 0 Å². The van der Waals surface area contributed by atoms with E-state index in [1.165, 1.54) is 212 Å². The third-order valence-corrected chi connectivity index (χ3v) is 12.9. The number of rotatable bonds is 52. The molecule has 2 unspecified atom stereocenters. The number of esters is 1. The van der Waals surface area contributed by atoms with Crippen LogP contribution in [-0.2, 0) is 14.3 Å². The van der Waals surface area contributed by atoms with E-state index in [2.05, 4.69) is 55.6 Å². The maximum Gasteiger partial charge on any atom is 0.305 e. The zero-order valence-electron chi connectivity index (χ0n) is 42.8. The van der Waals surface area contributed by atoms with Gasteiger partial charge in [0.2, 0.25) is 5.91 Å². The van der Waals surface area contributed by atoms with Crippen molar-refractivity contribution < 1.29 is 24.5 Å². The molecule has 0 fully saturated rings. The van der Waals surface area contributed by atoms with Crippen LogP contribution in [0.1, 0.15) is 296 Å². The Bertz CT molecular complexity index is 1040. The summed E-state index contributed by atoms with van der Waals surface area (Å²) in [6.45, 7) is 4.89. The minimum atomic E-state index is -0.668. The highest BCUT2D eigenvalue weighted by atomic mass is 16.5. The second-order valence-electron chi connectivity index (χ2n) is 19.3. The molecule has 3 N–H and O–H groups in total. The van der Waals surface area contributed by atoms with Crippen molar-refractivity contribution in [3.63, 3.8) is 0 Å². The van der Waals surface area contributed by atoms with Gasteiger partial charge < -0.3 is 20.3 Å². The minimum Gasteiger partial charge on any atom is -0.466 e. The fourth-order valence-electron chi connectivity index (χ4n) is 8.55. The lowest BCUT2D eigenvalue weighted by Crippen LogP contribution is -2.45. The lowest BCUT2D eigenvalue weighted by molar-refractivity contribution is -0.143. The Balaban J connectivity index is 3.40. The standard InChI is InChI=1S/C58H109NO5/c1-3-5-7-9-11-13-14-15-16-17-19-23-26-29-32-36-40-44-48-52-58(63)64-53-49-45-41-37-33-30-27-24-21-18-20-22-25-28-31-35-39-43-47-51-57(62)59-55(54-60)56(61)50-46-42-38-34-12-10-8-6-4-2/h11,13,15-16,18,20,55-56,60-61H,3-10,12,14,17,19,21-54H2,1-2H3,(H,59,62)/b13-11-,16-15-,20-18-. The number of ether oxygens (including phenoxy) is 1. The maximum absolute atomic E-state index is 12.4. The fourth-order valence-corrected chi connectivity index (χ4v) is 8.55. The molecule has 64 heavy (non-hydrogen) atoms. The van der Waals surface area contributed by atoms with Crippen LogP contribution in [0.2, 0.25) is 0 Å². The first-order valence-corrected chi connectivity index (χ1v) is 28.2. The van der Waals surface area contributed by atoms with E-state index < -0.39 is 12.1 Å². The lowest BCUT2D eigenvalue weighted by Gasteiger charge is -2.22. The number of unbranched alkanes of at least 4 members (excludes halogenated alkanes) is 35. The molecule has 0 aromatic rings. The van der Waals surface area contributed by atoms with Gasteiger partial charge in [-0.25, -0.2) is 0 Å². The number of nitrogens with one attached hydrogen (secondary N) is 1. The van der Waals surface area contributed by atoms with Crippen molar-refractivity contribution in [1.29, 1.82) is 0 Å². The zero-order valence-corrected chi connectivity index (χ0v) is 42.8. The quantitative estimate of drug-likeness (QED) is 0.0321. The number of hydrogen-bond acceptors (Lipinski definition) is 5. The first kappa shape index (κ1) is 62.1. The van der Waals surface area contributed by atoms with Gasteiger partial charge in [-0.3, -0.25) is 9.59 Å². The number of aliphatic hydroxyl groups excluding tert-OH is 2. The number of allylic oxidation sites excluding steroid dienone is 6. The number of carbonyl (C=O) groups is 2. The monoisotopic (exact) mass is 900 g/mol. The number of carbonyl (C=O) groups excluding carboxylic acids is 2. The van der Waals surface area contributed by atoms with Crippen molar-refractivity contribution in [3.8, 4) is 0 Å². The van der Waals surface area contributed by atoms with Gasteiger partial charge in [0.05, 0.1) is 25.4 Å². The molecule has 0 radical (unpaired) electrons. The van der Waals surface area contributed by atoms with Crippen LogP contribution in [0, 0.1) is 0 Å². The summed E-state index contributed by atoms with van der Waals surface area (Å²) < 4.78 is 5.48. The molecule has 0 saturated carbocycles. The van der Waals surface area contributed by atoms with Crippen molar-refractivity contribution in [3.05, 3.63) is 36.5 Å². The van der Waals surface area contributed by atoms with E-state index >= 15 is 0 Å². The summed E-state index contributed by atoms with van der Waals surface area (Å²) in [5.74, 6) is -0.0478. The van der Waals surface area contributed by atoms with E-state index in [1.54, 1.807) is 0 Å². The highest BCUT2D eigenvalue weighted by Crippen LogP contribution is 2.16. The van der Waals surface area contributed by atoms with Crippen molar-refractivity contribution >= 4 is 11.9 Å². The lowest BCUT2D eigenvalue weighted by atomic mass is 10.0. The average molecular weight is 901 g/mol. The van der Waals surface area contributed by atoms with E-state index in [4.69, 9.17) is 4.74 Å². The molecule has 0 aliphatic rings. The van der Waals surface area contributed by atoms with Gasteiger partial charge in [0.25, 0.3) is 0 Å². The van der Waals surface area contributed by atoms with E-state index in [0.29, 0.717) is 25.9 Å². The second-order valence-corrected chi connectivity index (χ2v) is 19.3. The van der Waals surface area contributed by atoms with Crippen molar-refractivity contribution in [2.75, 3.05) is 13.2 Å². The molecule has 0 aromatic heterocycles. The third kappa shape index (κ3) is 49.5. The first-order valence-electron chi connectivity index (χ1n) is 28.2. The molecule has 1 amide bonds. The van der Waals surface area contributed by atoms with Crippen molar-refractivity contribution in [2.45, 2.75) is 309 Å². The van der Waals surface area contributed by atoms with Gasteiger partial charge in [-0.05, 0) is 83.5 Å². The Morgan fingerprint density at radius 1 is 0.438 bits per heavy atom. The van der Waals surface area contributed by atoms with E-state index in [-0.39, 0.29) is 18.5 Å². The summed E-state index contributed by atoms with van der Waals surface area (Å²) in [5, 5.41) is 23.1.